The molecule has 0 atom stereocenters. The molecule has 0 unspecified atom stereocenters. The van der Waals surface area contributed by atoms with Crippen molar-refractivity contribution in [2.45, 2.75) is 115 Å². The van der Waals surface area contributed by atoms with Crippen LogP contribution in [0.4, 0.5) is 4.79 Å². The second kappa shape index (κ2) is 9.75. The fraction of sp³-hybridized carbons (Fsp3) is 0.719. The lowest BCUT2D eigenvalue weighted by Gasteiger charge is -2.57. The fourth-order valence-electron chi connectivity index (χ4n) is 7.36. The number of amides is 1. The molecule has 4 aliphatic carbocycles. The maximum absolute atomic E-state index is 12.7. The standard InChI is InChI=1S/C32H45NO5/c1-21(2)37-27-9-8-22(15-26(27)31-16-23-12-24(17-31)14-25(13-23)18-31)10-11-32(19-35-30(6,7)36-20-32)33-28(34)38-29(3,4)5/h8-9,15,21,23-25H,12-14,16-20H2,1-7H3,(H,33,34). The maximum Gasteiger partial charge on any atom is 0.409 e. The first-order valence-electron chi connectivity index (χ1n) is 14.4. The topological polar surface area (TPSA) is 66.0 Å². The van der Waals surface area contributed by atoms with Crippen LogP contribution in [-0.2, 0) is 19.6 Å². The van der Waals surface area contributed by atoms with Crippen molar-refractivity contribution in [3.63, 3.8) is 0 Å². The van der Waals surface area contributed by atoms with Gasteiger partial charge >= 0.3 is 6.09 Å². The minimum atomic E-state index is -1.01. The third kappa shape index (κ3) is 6.00. The number of nitrogens with one attached hydrogen (secondary N) is 1. The Kier molecular flexibility index (Phi) is 7.02. The van der Waals surface area contributed by atoms with Crippen LogP contribution in [0.25, 0.3) is 0 Å². The Balaban J connectivity index is 1.47. The molecule has 0 aromatic heterocycles. The number of carbonyl (C=O) groups excluding carboxylic acids is 1. The predicted octanol–water partition coefficient (Wildman–Crippen LogP) is 6.34. The van der Waals surface area contributed by atoms with E-state index in [9.17, 15) is 4.79 Å². The van der Waals surface area contributed by atoms with Crippen LogP contribution in [-0.4, -0.2) is 42.3 Å². The molecule has 5 aliphatic rings. The molecule has 4 bridgehead atoms. The molecule has 1 aromatic rings. The van der Waals surface area contributed by atoms with E-state index in [1.807, 2.05) is 40.7 Å². The summed E-state index contributed by atoms with van der Waals surface area (Å²) in [7, 11) is 0. The maximum atomic E-state index is 12.7. The molecule has 0 radical (unpaired) electrons. The highest BCUT2D eigenvalue weighted by Crippen LogP contribution is 2.62. The number of hydrogen-bond donors (Lipinski definition) is 1. The SMILES string of the molecule is CC(C)Oc1ccc(C#CC2(NC(=O)OC(C)(C)C)COC(C)(C)OC2)cc1C12CC3CC(CC(C3)C1)C2. The van der Waals surface area contributed by atoms with Gasteiger partial charge in [-0.25, -0.2) is 4.79 Å². The fourth-order valence-corrected chi connectivity index (χ4v) is 7.36. The summed E-state index contributed by atoms with van der Waals surface area (Å²) in [6.45, 7) is 13.9. The van der Waals surface area contributed by atoms with Gasteiger partial charge in [0.2, 0.25) is 0 Å². The molecule has 6 rings (SSSR count). The Morgan fingerprint density at radius 2 is 1.61 bits per heavy atom. The highest BCUT2D eigenvalue weighted by atomic mass is 16.7. The van der Waals surface area contributed by atoms with Crippen molar-refractivity contribution in [1.29, 1.82) is 0 Å². The molecule has 0 spiro atoms. The van der Waals surface area contributed by atoms with E-state index in [1.165, 1.54) is 44.1 Å². The van der Waals surface area contributed by atoms with Gasteiger partial charge in [-0.05, 0) is 128 Å². The largest absolute Gasteiger partial charge is 0.491 e. The molecule has 5 fully saturated rings. The summed E-state index contributed by atoms with van der Waals surface area (Å²) in [5, 5.41) is 2.95. The second-order valence-corrected chi connectivity index (χ2v) is 14.0. The number of benzene rings is 1. The molecule has 1 heterocycles. The van der Waals surface area contributed by atoms with Gasteiger partial charge in [0.15, 0.2) is 11.3 Å². The van der Waals surface area contributed by atoms with Crippen molar-refractivity contribution < 1.29 is 23.7 Å². The van der Waals surface area contributed by atoms with Crippen LogP contribution in [0.2, 0.25) is 0 Å². The first-order chi connectivity index (χ1) is 17.7. The van der Waals surface area contributed by atoms with Crippen LogP contribution in [0.5, 0.6) is 5.75 Å². The lowest BCUT2D eigenvalue weighted by Crippen LogP contribution is -2.60. The number of carbonyl (C=O) groups is 1. The summed E-state index contributed by atoms with van der Waals surface area (Å²) in [6.07, 6.45) is 7.54. The van der Waals surface area contributed by atoms with E-state index in [2.05, 4.69) is 43.1 Å². The summed E-state index contributed by atoms with van der Waals surface area (Å²) in [5.74, 6) is 9.46. The quantitative estimate of drug-likeness (QED) is 0.467. The number of hydrogen-bond acceptors (Lipinski definition) is 5. The van der Waals surface area contributed by atoms with Gasteiger partial charge in [0, 0.05) is 11.1 Å². The summed E-state index contributed by atoms with van der Waals surface area (Å²) in [6, 6.07) is 6.39. The molecular weight excluding hydrogens is 478 g/mol. The minimum Gasteiger partial charge on any atom is -0.491 e. The van der Waals surface area contributed by atoms with E-state index in [-0.39, 0.29) is 24.7 Å². The van der Waals surface area contributed by atoms with Crippen LogP contribution < -0.4 is 10.1 Å². The van der Waals surface area contributed by atoms with Gasteiger partial charge in [-0.1, -0.05) is 11.8 Å². The number of ether oxygens (including phenoxy) is 4. The van der Waals surface area contributed by atoms with Gasteiger partial charge in [0.05, 0.1) is 19.3 Å². The lowest BCUT2D eigenvalue weighted by molar-refractivity contribution is -0.262. The molecule has 6 nitrogen and oxygen atoms in total. The van der Waals surface area contributed by atoms with E-state index in [0.29, 0.717) is 0 Å². The molecule has 1 saturated heterocycles. The van der Waals surface area contributed by atoms with E-state index in [0.717, 1.165) is 29.1 Å². The second-order valence-electron chi connectivity index (χ2n) is 14.0. The van der Waals surface area contributed by atoms with Gasteiger partial charge in [-0.15, -0.1) is 0 Å². The molecule has 1 aliphatic heterocycles. The average molecular weight is 524 g/mol. The molecule has 6 heteroatoms. The Morgan fingerprint density at radius 3 is 2.13 bits per heavy atom. The zero-order valence-corrected chi connectivity index (χ0v) is 24.2. The van der Waals surface area contributed by atoms with E-state index < -0.39 is 23.0 Å². The molecule has 1 aromatic carbocycles. The minimum absolute atomic E-state index is 0.112. The smallest absolute Gasteiger partial charge is 0.409 e. The van der Waals surface area contributed by atoms with Crippen LogP contribution in [0.15, 0.2) is 18.2 Å². The summed E-state index contributed by atoms with van der Waals surface area (Å²) in [5.41, 5.74) is 0.800. The van der Waals surface area contributed by atoms with Crippen molar-refractivity contribution in [3.05, 3.63) is 29.3 Å². The normalized spacial score (nSPS) is 30.9. The van der Waals surface area contributed by atoms with Crippen LogP contribution >= 0.6 is 0 Å². The van der Waals surface area contributed by atoms with Crippen molar-refractivity contribution in [3.8, 4) is 17.6 Å². The predicted molar refractivity (Wildman–Crippen MR) is 147 cm³/mol. The highest BCUT2D eigenvalue weighted by molar-refractivity contribution is 5.70. The Hall–Kier alpha value is -2.23. The van der Waals surface area contributed by atoms with Crippen molar-refractivity contribution in [2.75, 3.05) is 13.2 Å². The molecule has 38 heavy (non-hydrogen) atoms. The molecule has 1 amide bonds. The van der Waals surface area contributed by atoms with Gasteiger partial charge < -0.3 is 24.3 Å². The van der Waals surface area contributed by atoms with Crippen molar-refractivity contribution in [2.24, 2.45) is 17.8 Å². The summed E-state index contributed by atoms with van der Waals surface area (Å²) < 4.78 is 23.8. The van der Waals surface area contributed by atoms with Gasteiger partial charge in [-0.2, -0.15) is 0 Å². The first kappa shape index (κ1) is 27.3. The Bertz CT molecular complexity index is 1070. The molecule has 208 valence electrons. The number of alkyl carbamates (subject to hydrolysis) is 1. The molecular formula is C32H45NO5. The zero-order valence-electron chi connectivity index (χ0n) is 24.2. The summed E-state index contributed by atoms with van der Waals surface area (Å²) >= 11 is 0. The monoisotopic (exact) mass is 523 g/mol. The number of rotatable bonds is 4. The van der Waals surface area contributed by atoms with E-state index >= 15 is 0 Å². The molecule has 4 saturated carbocycles. The van der Waals surface area contributed by atoms with Crippen molar-refractivity contribution >= 4 is 6.09 Å². The van der Waals surface area contributed by atoms with Gasteiger partial charge in [0.1, 0.15) is 11.4 Å². The van der Waals surface area contributed by atoms with E-state index in [1.54, 1.807) is 0 Å². The van der Waals surface area contributed by atoms with Crippen LogP contribution in [0.3, 0.4) is 0 Å². The van der Waals surface area contributed by atoms with Gasteiger partial charge in [0.25, 0.3) is 0 Å². The van der Waals surface area contributed by atoms with Gasteiger partial charge in [-0.3, -0.25) is 0 Å². The summed E-state index contributed by atoms with van der Waals surface area (Å²) in [4.78, 5) is 12.7. The molecule has 1 N–H and O–H groups in total. The lowest BCUT2D eigenvalue weighted by atomic mass is 9.48. The van der Waals surface area contributed by atoms with Crippen LogP contribution in [0.1, 0.15) is 98.1 Å². The third-order valence-corrected chi connectivity index (χ3v) is 8.47. The highest BCUT2D eigenvalue weighted by Gasteiger charge is 2.52. The Labute approximate surface area is 228 Å². The van der Waals surface area contributed by atoms with Crippen LogP contribution in [0, 0.1) is 29.6 Å². The van der Waals surface area contributed by atoms with Crippen molar-refractivity contribution in [1.82, 2.24) is 5.32 Å². The van der Waals surface area contributed by atoms with E-state index in [4.69, 9.17) is 18.9 Å². The average Bonchev–Trinajstić information content (AvgIpc) is 2.78. The first-order valence-corrected chi connectivity index (χ1v) is 14.4. The third-order valence-electron chi connectivity index (χ3n) is 8.47. The Morgan fingerprint density at radius 1 is 1.03 bits per heavy atom. The zero-order chi connectivity index (χ0) is 27.3.